The molecule has 0 unspecified atom stereocenters. The minimum Gasteiger partial charge on any atom is -0.0616 e. The van der Waals surface area contributed by atoms with Gasteiger partial charge >= 0.3 is 0 Å². The minimum atomic E-state index is 1.23. The Kier molecular flexibility index (Phi) is 12.2. The van der Waals surface area contributed by atoms with Gasteiger partial charge in [-0.05, 0) is 267 Å². The van der Waals surface area contributed by atoms with E-state index in [0.717, 1.165) is 0 Å². The van der Waals surface area contributed by atoms with Crippen molar-refractivity contribution >= 4 is 64.6 Å². The van der Waals surface area contributed by atoms with Crippen LogP contribution in [0.2, 0.25) is 0 Å². The number of rotatable bonds is 7. The average molecular weight is 1050 g/mol. The van der Waals surface area contributed by atoms with Crippen LogP contribution in [0, 0.1) is 69.2 Å². The molecule has 0 N–H and O–H groups in total. The molecular formula is C82H66. The summed E-state index contributed by atoms with van der Waals surface area (Å²) in [4.78, 5) is 0. The van der Waals surface area contributed by atoms with E-state index in [0.29, 0.717) is 0 Å². The molecule has 14 rings (SSSR count). The molecule has 0 bridgehead atoms. The molecular weight excluding hydrogens is 985 g/mol. The van der Waals surface area contributed by atoms with Gasteiger partial charge in [-0.25, -0.2) is 0 Å². The molecule has 0 fully saturated rings. The van der Waals surface area contributed by atoms with E-state index in [1.54, 1.807) is 0 Å². The topological polar surface area (TPSA) is 0 Å². The third-order valence-corrected chi connectivity index (χ3v) is 19.5. The molecule has 0 atom stereocenters. The van der Waals surface area contributed by atoms with E-state index in [2.05, 4.69) is 288 Å². The van der Waals surface area contributed by atoms with Crippen LogP contribution in [0.15, 0.2) is 218 Å². The maximum absolute atomic E-state index is 2.38. The van der Waals surface area contributed by atoms with Crippen LogP contribution in [0.4, 0.5) is 0 Å². The van der Waals surface area contributed by atoms with Gasteiger partial charge in [0, 0.05) is 0 Å². The Morgan fingerprint density at radius 3 is 0.378 bits per heavy atom. The first kappa shape index (κ1) is 50.8. The van der Waals surface area contributed by atoms with E-state index in [1.165, 1.54) is 198 Å². The normalized spacial score (nSPS) is 11.8. The van der Waals surface area contributed by atoms with Crippen molar-refractivity contribution in [2.75, 3.05) is 0 Å². The third kappa shape index (κ3) is 7.72. The van der Waals surface area contributed by atoms with Gasteiger partial charge in [-0.15, -0.1) is 0 Å². The van der Waals surface area contributed by atoms with E-state index in [-0.39, 0.29) is 0 Å². The molecule has 0 heteroatoms. The lowest BCUT2D eigenvalue weighted by atomic mass is 9.82. The monoisotopic (exact) mass is 1050 g/mol. The first-order chi connectivity index (χ1) is 39.9. The summed E-state index contributed by atoms with van der Waals surface area (Å²) in [5.74, 6) is 0. The first-order valence-corrected chi connectivity index (χ1v) is 29.2. The molecule has 82 heavy (non-hydrogen) atoms. The summed E-state index contributed by atoms with van der Waals surface area (Å²) in [5, 5.41) is 15.1. The zero-order chi connectivity index (χ0) is 56.2. The van der Waals surface area contributed by atoms with Crippen LogP contribution in [0.25, 0.3) is 143 Å². The van der Waals surface area contributed by atoms with Gasteiger partial charge in [0.25, 0.3) is 0 Å². The van der Waals surface area contributed by atoms with E-state index in [4.69, 9.17) is 0 Å². The molecule has 0 heterocycles. The van der Waals surface area contributed by atoms with Crippen LogP contribution in [0.1, 0.15) is 55.6 Å². The summed E-state index contributed by atoms with van der Waals surface area (Å²) in [7, 11) is 0. The van der Waals surface area contributed by atoms with Crippen molar-refractivity contribution in [2.45, 2.75) is 69.2 Å². The van der Waals surface area contributed by atoms with Gasteiger partial charge < -0.3 is 0 Å². The molecule has 394 valence electrons. The van der Waals surface area contributed by atoms with Crippen molar-refractivity contribution < 1.29 is 0 Å². The summed E-state index contributed by atoms with van der Waals surface area (Å²) < 4.78 is 0. The molecule has 0 amide bonds. The number of fused-ring (bicyclic) bond motifs is 6. The van der Waals surface area contributed by atoms with Gasteiger partial charge in [-0.1, -0.05) is 218 Å². The van der Waals surface area contributed by atoms with Crippen molar-refractivity contribution in [3.8, 4) is 77.9 Å². The third-order valence-electron chi connectivity index (χ3n) is 19.5. The Bertz CT molecular complexity index is 4640. The van der Waals surface area contributed by atoms with Crippen molar-refractivity contribution in [1.82, 2.24) is 0 Å². The van der Waals surface area contributed by atoms with E-state index in [1.807, 2.05) is 0 Å². The molecule has 14 aromatic carbocycles. The van der Waals surface area contributed by atoms with Crippen molar-refractivity contribution in [2.24, 2.45) is 0 Å². The van der Waals surface area contributed by atoms with Crippen LogP contribution in [0.3, 0.4) is 0 Å². The molecule has 0 nitrogen and oxygen atoms in total. The fourth-order valence-corrected chi connectivity index (χ4v) is 14.4. The summed E-state index contributed by atoms with van der Waals surface area (Å²) in [6, 6.07) is 82.6. The quantitative estimate of drug-likeness (QED) is 0.149. The average Bonchev–Trinajstić information content (AvgIpc) is 3.57. The summed E-state index contributed by atoms with van der Waals surface area (Å²) >= 11 is 0. The van der Waals surface area contributed by atoms with E-state index in [9.17, 15) is 0 Å². The Balaban J connectivity index is 0.869. The molecule has 14 aromatic rings. The lowest BCUT2D eigenvalue weighted by molar-refractivity contribution is 1.18. The fourth-order valence-electron chi connectivity index (χ4n) is 14.4. The molecule has 0 saturated heterocycles. The minimum absolute atomic E-state index is 1.23. The second kappa shape index (κ2) is 19.7. The van der Waals surface area contributed by atoms with Crippen molar-refractivity contribution in [3.63, 3.8) is 0 Å². The van der Waals surface area contributed by atoms with Crippen LogP contribution in [-0.4, -0.2) is 0 Å². The zero-order valence-electron chi connectivity index (χ0n) is 48.8. The van der Waals surface area contributed by atoms with Crippen LogP contribution in [-0.2, 0) is 0 Å². The number of hydrogen-bond acceptors (Lipinski definition) is 0. The van der Waals surface area contributed by atoms with Crippen molar-refractivity contribution in [3.05, 3.63) is 274 Å². The molecule has 0 spiro atoms. The molecule has 0 aliphatic rings. The second-order valence-electron chi connectivity index (χ2n) is 23.2. The highest BCUT2D eigenvalue weighted by atomic mass is 14.3. The SMILES string of the molecule is Cc1c(C)c(C)c(-c2ccc(-c3ccc(-c4ccc(-c5ccc(-c6ccc(-c7ccc(-c8c(C)c(C)c(C)c(C)c8C)c8ccccc78)c7ccccc67)c6ccccc56)c5ccccc45)c4ccccc34)c3ccccc23)c(C)c1C. The molecule has 0 radical (unpaired) electrons. The molecule has 0 aromatic heterocycles. The van der Waals surface area contributed by atoms with E-state index >= 15 is 0 Å². The predicted molar refractivity (Wildman–Crippen MR) is 357 cm³/mol. The Labute approximate surface area is 483 Å². The van der Waals surface area contributed by atoms with Gasteiger partial charge in [0.05, 0.1) is 0 Å². The highest BCUT2D eigenvalue weighted by Crippen LogP contribution is 2.49. The maximum atomic E-state index is 2.38. The smallest absolute Gasteiger partial charge is 0.00987 e. The maximum Gasteiger partial charge on any atom is -0.00987 e. The Morgan fingerprint density at radius 2 is 0.232 bits per heavy atom. The summed E-state index contributed by atoms with van der Waals surface area (Å²) in [5.41, 5.74) is 31.5. The Hall–Kier alpha value is -9.36. The number of benzene rings is 14. The zero-order valence-corrected chi connectivity index (χ0v) is 48.8. The van der Waals surface area contributed by atoms with Crippen LogP contribution in [0.5, 0.6) is 0 Å². The van der Waals surface area contributed by atoms with Gasteiger partial charge in [0.15, 0.2) is 0 Å². The largest absolute Gasteiger partial charge is 0.0616 e. The second-order valence-corrected chi connectivity index (χ2v) is 23.2. The lowest BCUT2D eigenvalue weighted by Gasteiger charge is -2.21. The van der Waals surface area contributed by atoms with E-state index < -0.39 is 0 Å². The van der Waals surface area contributed by atoms with Crippen LogP contribution < -0.4 is 0 Å². The molecule has 0 saturated carbocycles. The fraction of sp³-hybridized carbons (Fsp3) is 0.122. The van der Waals surface area contributed by atoms with Crippen molar-refractivity contribution in [1.29, 1.82) is 0 Å². The van der Waals surface area contributed by atoms with Gasteiger partial charge in [-0.2, -0.15) is 0 Å². The predicted octanol–water partition coefficient (Wildman–Crippen LogP) is 23.4. The number of hydrogen-bond donors (Lipinski definition) is 0. The standard InChI is InChI=1S/C82H66/c1-47-49(3)53(7)81(54(8)50(47)4)79-45-43-77(65-31-19-21-33-67(65)79)75-41-39-73(61-27-15-17-29-63(61)75)71-37-35-69(57-23-11-13-25-59(57)71)70-36-38-72(60-26-14-12-24-58(60)70)74-40-42-76(64-30-18-16-28-62(64)74)78-44-46-80(68-34-22-20-32-66(68)78)82-55(9)51(5)48(2)52(6)56(82)10/h11-46H,1-10H3. The van der Waals surface area contributed by atoms with Crippen LogP contribution >= 0.6 is 0 Å². The lowest BCUT2D eigenvalue weighted by Crippen LogP contribution is -2.00. The highest BCUT2D eigenvalue weighted by molar-refractivity contribution is 6.19. The first-order valence-electron chi connectivity index (χ1n) is 29.2. The molecule has 0 aliphatic heterocycles. The van der Waals surface area contributed by atoms with Gasteiger partial charge in [0.2, 0.25) is 0 Å². The molecule has 0 aliphatic carbocycles. The van der Waals surface area contributed by atoms with Gasteiger partial charge in [-0.3, -0.25) is 0 Å². The Morgan fingerprint density at radius 1 is 0.122 bits per heavy atom. The highest BCUT2D eigenvalue weighted by Gasteiger charge is 2.23. The van der Waals surface area contributed by atoms with Gasteiger partial charge in [0.1, 0.15) is 0 Å². The summed E-state index contributed by atoms with van der Waals surface area (Å²) in [6.07, 6.45) is 0. The summed E-state index contributed by atoms with van der Waals surface area (Å²) in [6.45, 7) is 22.8.